The Kier molecular flexibility index (Phi) is 9.78. The molecular weight excluding hydrogens is 564 g/mol. The van der Waals surface area contributed by atoms with E-state index in [0.717, 1.165) is 19.3 Å². The van der Waals surface area contributed by atoms with Crippen LogP contribution in [0.1, 0.15) is 59.8 Å². The van der Waals surface area contributed by atoms with Crippen LogP contribution in [0.15, 0.2) is 81.6 Å². The van der Waals surface area contributed by atoms with E-state index in [1.165, 1.54) is 48.5 Å². The molecule has 2 aromatic carbocycles. The van der Waals surface area contributed by atoms with Crippen LogP contribution < -0.4 is 0 Å². The summed E-state index contributed by atoms with van der Waals surface area (Å²) in [6.45, 7) is 8.14. The molecule has 10 heteroatoms. The fraction of sp³-hybridized carbons (Fsp3) is 0.516. The first-order chi connectivity index (χ1) is 19.3. The van der Waals surface area contributed by atoms with Crippen molar-refractivity contribution in [1.82, 2.24) is 0 Å². The third-order valence-corrected chi connectivity index (χ3v) is 13.6. The number of sulfone groups is 2. The van der Waals surface area contributed by atoms with Crippen LogP contribution in [0.3, 0.4) is 0 Å². The van der Waals surface area contributed by atoms with Gasteiger partial charge in [0.25, 0.3) is 0 Å². The number of ether oxygens (including phenoxy) is 2. The molecule has 8 nitrogen and oxygen atoms in total. The number of carbonyl (C=O) groups excluding carboxylic acids is 1. The second-order valence-electron chi connectivity index (χ2n) is 11.6. The number of benzene rings is 2. The number of aliphatic hydroxyl groups excluding tert-OH is 1. The average Bonchev–Trinajstić information content (AvgIpc) is 3.21. The van der Waals surface area contributed by atoms with Gasteiger partial charge in [-0.3, -0.25) is 0 Å². The fourth-order valence-electron chi connectivity index (χ4n) is 5.93. The van der Waals surface area contributed by atoms with Crippen LogP contribution in [0.25, 0.3) is 0 Å². The number of cyclic esters (lactones) is 1. The van der Waals surface area contributed by atoms with Gasteiger partial charge in [0.05, 0.1) is 27.6 Å². The molecule has 1 N–H and O–H groups in total. The highest BCUT2D eigenvalue weighted by Crippen LogP contribution is 2.39. The zero-order valence-corrected chi connectivity index (χ0v) is 25.6. The summed E-state index contributed by atoms with van der Waals surface area (Å²) in [4.78, 5) is 12.6. The van der Waals surface area contributed by atoms with Crippen LogP contribution >= 0.6 is 0 Å². The Balaban J connectivity index is 1.58. The molecule has 0 radical (unpaired) electrons. The Morgan fingerprint density at radius 1 is 0.902 bits per heavy atom. The van der Waals surface area contributed by atoms with E-state index in [4.69, 9.17) is 9.47 Å². The Bertz CT molecular complexity index is 1380. The third kappa shape index (κ3) is 6.77. The number of rotatable bonds is 11. The smallest absolute Gasteiger partial charge is 0.339 e. The number of aliphatic hydroxyl groups is 1. The molecule has 1 heterocycles. The monoisotopic (exact) mass is 604 g/mol. The SMILES string of the molecule is CC1=C([C@H](O)CCC(S(=O)(=O)c2ccccc2)S(=O)(=O)c2ccccc2)C(=O)O[C@H]1O[C@@H]1C[C@H](C)CC[C@H]1C(C)C. The van der Waals surface area contributed by atoms with E-state index in [1.54, 1.807) is 19.1 Å². The summed E-state index contributed by atoms with van der Waals surface area (Å²) in [5, 5.41) is 11.1. The molecule has 0 unspecified atom stereocenters. The molecule has 1 saturated carbocycles. The van der Waals surface area contributed by atoms with Crippen LogP contribution in [0.4, 0.5) is 0 Å². The Hall–Kier alpha value is -2.53. The van der Waals surface area contributed by atoms with Crippen molar-refractivity contribution in [1.29, 1.82) is 0 Å². The highest BCUT2D eigenvalue weighted by Gasteiger charge is 2.43. The maximum absolute atomic E-state index is 13.6. The molecule has 0 bridgehead atoms. The van der Waals surface area contributed by atoms with Crippen LogP contribution in [-0.4, -0.2) is 51.0 Å². The van der Waals surface area contributed by atoms with Crippen molar-refractivity contribution in [2.45, 2.75) is 92.7 Å². The van der Waals surface area contributed by atoms with E-state index in [-0.39, 0.29) is 27.9 Å². The predicted molar refractivity (Wildman–Crippen MR) is 155 cm³/mol. The van der Waals surface area contributed by atoms with E-state index < -0.39 is 49.0 Å². The minimum Gasteiger partial charge on any atom is -0.428 e. The van der Waals surface area contributed by atoms with E-state index in [2.05, 4.69) is 20.8 Å². The van der Waals surface area contributed by atoms with Gasteiger partial charge in [-0.15, -0.1) is 0 Å². The molecule has 1 aliphatic heterocycles. The normalized spacial score (nSPS) is 24.6. The first-order valence-electron chi connectivity index (χ1n) is 14.2. The van der Waals surface area contributed by atoms with Crippen molar-refractivity contribution in [2.24, 2.45) is 17.8 Å². The highest BCUT2D eigenvalue weighted by molar-refractivity contribution is 8.09. The number of hydrogen-bond acceptors (Lipinski definition) is 8. The summed E-state index contributed by atoms with van der Waals surface area (Å²) in [5.41, 5.74) is 0.421. The zero-order chi connectivity index (χ0) is 29.9. The van der Waals surface area contributed by atoms with Crippen LogP contribution in [-0.2, 0) is 33.9 Å². The Morgan fingerprint density at radius 3 is 1.95 bits per heavy atom. The topological polar surface area (TPSA) is 124 Å². The average molecular weight is 605 g/mol. The maximum atomic E-state index is 13.6. The first kappa shape index (κ1) is 31.4. The van der Waals surface area contributed by atoms with Crippen molar-refractivity contribution in [2.75, 3.05) is 0 Å². The molecule has 2 aromatic rings. The van der Waals surface area contributed by atoms with Gasteiger partial charge in [0.15, 0.2) is 24.3 Å². The molecule has 2 aliphatic rings. The molecule has 41 heavy (non-hydrogen) atoms. The molecule has 5 atom stereocenters. The van der Waals surface area contributed by atoms with E-state index in [0.29, 0.717) is 23.3 Å². The molecule has 0 aromatic heterocycles. The minimum absolute atomic E-state index is 0.00655. The summed E-state index contributed by atoms with van der Waals surface area (Å²) in [6.07, 6.45) is -0.201. The number of esters is 1. The van der Waals surface area contributed by atoms with E-state index in [9.17, 15) is 26.7 Å². The molecule has 0 spiro atoms. The largest absolute Gasteiger partial charge is 0.428 e. The summed E-state index contributed by atoms with van der Waals surface area (Å²) in [7, 11) is -8.72. The molecule has 4 rings (SSSR count). The standard InChI is InChI=1S/C31H40O8S2/c1-20(2)25-16-15-21(3)19-27(25)38-31-22(4)29(30(33)39-31)26(32)17-18-28(40(34,35)23-11-7-5-8-12-23)41(36,37)24-13-9-6-10-14-24/h5-14,20-21,25-28,31-32H,15-19H2,1-4H3/t21-,25+,26-,27-,31-/m1/s1. The molecule has 1 fully saturated rings. The predicted octanol–water partition coefficient (Wildman–Crippen LogP) is 5.08. The Morgan fingerprint density at radius 2 is 1.44 bits per heavy atom. The minimum atomic E-state index is -4.36. The third-order valence-electron chi connectivity index (χ3n) is 8.32. The zero-order valence-electron chi connectivity index (χ0n) is 24.0. The molecule has 1 aliphatic carbocycles. The first-order valence-corrected chi connectivity index (χ1v) is 17.3. The Labute approximate surface area is 243 Å². The van der Waals surface area contributed by atoms with Gasteiger partial charge in [0.1, 0.15) is 0 Å². The van der Waals surface area contributed by atoms with Crippen LogP contribution in [0.2, 0.25) is 0 Å². The van der Waals surface area contributed by atoms with Gasteiger partial charge in [-0.1, -0.05) is 63.6 Å². The lowest BCUT2D eigenvalue weighted by Gasteiger charge is -2.38. The lowest BCUT2D eigenvalue weighted by Crippen LogP contribution is -2.37. The van der Waals surface area contributed by atoms with Gasteiger partial charge in [-0.05, 0) is 74.6 Å². The van der Waals surface area contributed by atoms with E-state index >= 15 is 0 Å². The second-order valence-corrected chi connectivity index (χ2v) is 16.1. The summed E-state index contributed by atoms with van der Waals surface area (Å²) in [6, 6.07) is 14.7. The van der Waals surface area contributed by atoms with Crippen LogP contribution in [0, 0.1) is 17.8 Å². The fourth-order valence-corrected chi connectivity index (χ4v) is 10.5. The van der Waals surface area contributed by atoms with Gasteiger partial charge in [-0.25, -0.2) is 21.6 Å². The maximum Gasteiger partial charge on any atom is 0.339 e. The van der Waals surface area contributed by atoms with Crippen molar-refractivity contribution >= 4 is 25.6 Å². The lowest BCUT2D eigenvalue weighted by molar-refractivity contribution is -0.181. The molecule has 224 valence electrons. The molecule has 0 saturated heterocycles. The summed E-state index contributed by atoms with van der Waals surface area (Å²) >= 11 is 0. The van der Waals surface area contributed by atoms with Crippen molar-refractivity contribution in [3.05, 3.63) is 71.8 Å². The summed E-state index contributed by atoms with van der Waals surface area (Å²) in [5.74, 6) is 0.461. The van der Waals surface area contributed by atoms with E-state index in [1.807, 2.05) is 0 Å². The number of carbonyl (C=O) groups is 1. The van der Waals surface area contributed by atoms with Gasteiger partial charge in [-0.2, -0.15) is 0 Å². The molecule has 0 amide bonds. The highest BCUT2D eigenvalue weighted by atomic mass is 32.3. The number of hydrogen-bond donors (Lipinski definition) is 1. The van der Waals surface area contributed by atoms with Crippen molar-refractivity contribution < 1.29 is 36.2 Å². The second kappa shape index (κ2) is 12.8. The van der Waals surface area contributed by atoms with Crippen molar-refractivity contribution in [3.8, 4) is 0 Å². The van der Waals surface area contributed by atoms with Crippen molar-refractivity contribution in [3.63, 3.8) is 0 Å². The quantitative estimate of drug-likeness (QED) is 0.352. The lowest BCUT2D eigenvalue weighted by atomic mass is 9.75. The van der Waals surface area contributed by atoms with Gasteiger partial charge >= 0.3 is 5.97 Å². The van der Waals surface area contributed by atoms with Gasteiger partial charge < -0.3 is 14.6 Å². The summed E-state index contributed by atoms with van der Waals surface area (Å²) < 4.78 is 64.4. The molecular formula is C31H40O8S2. The van der Waals surface area contributed by atoms with Crippen LogP contribution in [0.5, 0.6) is 0 Å². The van der Waals surface area contributed by atoms with Gasteiger partial charge in [0.2, 0.25) is 6.29 Å². The van der Waals surface area contributed by atoms with Gasteiger partial charge in [0, 0.05) is 5.57 Å².